The molecule has 0 spiro atoms. The highest BCUT2D eigenvalue weighted by molar-refractivity contribution is 7.99. The van der Waals surface area contributed by atoms with Crippen LogP contribution in [0.2, 0.25) is 0 Å². The second kappa shape index (κ2) is 9.65. The van der Waals surface area contributed by atoms with Crippen LogP contribution in [0, 0.1) is 0 Å². The van der Waals surface area contributed by atoms with E-state index in [4.69, 9.17) is 5.11 Å². The Morgan fingerprint density at radius 1 is 0.926 bits per heavy atom. The minimum absolute atomic E-state index is 0.0796. The Hall–Kier alpha value is -2.97. The van der Waals surface area contributed by atoms with E-state index in [2.05, 4.69) is 14.7 Å². The Kier molecular flexibility index (Phi) is 7.27. The molecule has 27 heavy (non-hydrogen) atoms. The predicted molar refractivity (Wildman–Crippen MR) is 98.7 cm³/mol. The molecular formula is C19H17NO6S. The number of oxime groups is 1. The highest BCUT2D eigenvalue weighted by Gasteiger charge is 2.11. The maximum Gasteiger partial charge on any atom is 0.340 e. The fraction of sp³-hybridized carbons (Fsp3) is 0.158. The van der Waals surface area contributed by atoms with E-state index in [1.165, 1.54) is 25.6 Å². The summed E-state index contributed by atoms with van der Waals surface area (Å²) in [6.07, 6.45) is 0. The van der Waals surface area contributed by atoms with E-state index in [0.29, 0.717) is 11.1 Å². The van der Waals surface area contributed by atoms with Crippen LogP contribution >= 0.6 is 11.8 Å². The molecule has 0 bridgehead atoms. The van der Waals surface area contributed by atoms with Crippen molar-refractivity contribution >= 4 is 35.2 Å². The monoisotopic (exact) mass is 387 g/mol. The number of hydrogen-bond donors (Lipinski definition) is 1. The molecule has 0 aromatic heterocycles. The van der Waals surface area contributed by atoms with Crippen LogP contribution in [0.1, 0.15) is 34.6 Å². The van der Waals surface area contributed by atoms with Crippen LogP contribution in [0.4, 0.5) is 0 Å². The van der Waals surface area contributed by atoms with Crippen molar-refractivity contribution in [2.75, 3.05) is 6.79 Å². The molecular weight excluding hydrogens is 370 g/mol. The smallest absolute Gasteiger partial charge is 0.340 e. The molecule has 0 atom stereocenters. The average molecular weight is 387 g/mol. The summed E-state index contributed by atoms with van der Waals surface area (Å²) in [6, 6.07) is 13.6. The van der Waals surface area contributed by atoms with E-state index in [9.17, 15) is 14.4 Å². The van der Waals surface area contributed by atoms with Gasteiger partial charge in [0.15, 0.2) is 6.79 Å². The Balaban J connectivity index is 2.03. The van der Waals surface area contributed by atoms with Gasteiger partial charge in [-0.1, -0.05) is 16.9 Å². The van der Waals surface area contributed by atoms with Gasteiger partial charge in [0.2, 0.25) is 5.78 Å². The van der Waals surface area contributed by atoms with Crippen molar-refractivity contribution in [3.8, 4) is 0 Å². The minimum Gasteiger partial charge on any atom is -0.435 e. The number of Topliss-reactive ketones (excluding diaryl/α,β-unsaturated/α-hetero) is 1. The molecule has 0 fully saturated rings. The summed E-state index contributed by atoms with van der Waals surface area (Å²) in [5, 5.41) is 12.1. The van der Waals surface area contributed by atoms with Crippen molar-refractivity contribution in [2.24, 2.45) is 5.16 Å². The van der Waals surface area contributed by atoms with Gasteiger partial charge in [-0.25, -0.2) is 9.59 Å². The summed E-state index contributed by atoms with van der Waals surface area (Å²) < 4.78 is 4.51. The molecule has 0 unspecified atom stereocenters. The van der Waals surface area contributed by atoms with Crippen LogP contribution in [0.15, 0.2) is 63.5 Å². The summed E-state index contributed by atoms with van der Waals surface area (Å²) >= 11 is 1.45. The summed E-state index contributed by atoms with van der Waals surface area (Å²) in [5.41, 5.74) is 0.850. The molecule has 7 nitrogen and oxygen atoms in total. The van der Waals surface area contributed by atoms with E-state index in [1.807, 2.05) is 0 Å². The number of aliphatic hydroxyl groups excluding tert-OH is 1. The van der Waals surface area contributed by atoms with Gasteiger partial charge >= 0.3 is 11.9 Å². The van der Waals surface area contributed by atoms with Gasteiger partial charge in [-0.2, -0.15) is 0 Å². The van der Waals surface area contributed by atoms with Gasteiger partial charge in [-0.15, -0.1) is 0 Å². The normalized spacial score (nSPS) is 11.0. The Labute approximate surface area is 160 Å². The van der Waals surface area contributed by atoms with Gasteiger partial charge in [0.25, 0.3) is 0 Å². The first-order valence-corrected chi connectivity index (χ1v) is 8.65. The third kappa shape index (κ3) is 6.05. The number of rotatable bonds is 7. The second-order valence-corrected chi connectivity index (χ2v) is 6.45. The maximum absolute atomic E-state index is 12.2. The average Bonchev–Trinajstić information content (AvgIpc) is 2.67. The zero-order chi connectivity index (χ0) is 19.8. The minimum atomic E-state index is -0.661. The molecule has 0 radical (unpaired) electrons. The zero-order valence-electron chi connectivity index (χ0n) is 14.7. The first-order chi connectivity index (χ1) is 12.9. The first-order valence-electron chi connectivity index (χ1n) is 7.83. The van der Waals surface area contributed by atoms with Crippen LogP contribution in [-0.4, -0.2) is 35.3 Å². The molecule has 1 N–H and O–H groups in total. The van der Waals surface area contributed by atoms with E-state index < -0.39 is 18.7 Å². The highest BCUT2D eigenvalue weighted by Crippen LogP contribution is 2.28. The van der Waals surface area contributed by atoms with Crippen LogP contribution in [-0.2, 0) is 14.4 Å². The molecule has 0 saturated carbocycles. The fourth-order valence-corrected chi connectivity index (χ4v) is 2.81. The fourth-order valence-electron chi connectivity index (χ4n) is 1.99. The van der Waals surface area contributed by atoms with Gasteiger partial charge < -0.3 is 14.7 Å². The van der Waals surface area contributed by atoms with Gasteiger partial charge in [0.1, 0.15) is 5.71 Å². The van der Waals surface area contributed by atoms with Crippen molar-refractivity contribution < 1.29 is 29.1 Å². The lowest BCUT2D eigenvalue weighted by Gasteiger charge is -2.05. The van der Waals surface area contributed by atoms with Gasteiger partial charge in [-0.3, -0.25) is 4.79 Å². The molecule has 2 rings (SSSR count). The lowest BCUT2D eigenvalue weighted by molar-refractivity contribution is -0.140. The van der Waals surface area contributed by atoms with Crippen molar-refractivity contribution in [3.63, 3.8) is 0 Å². The van der Waals surface area contributed by atoms with Gasteiger partial charge in [-0.05, 0) is 55.5 Å². The molecule has 2 aromatic carbocycles. The number of nitrogens with zero attached hydrogens (tertiary/aromatic N) is 1. The molecule has 0 saturated heterocycles. The van der Waals surface area contributed by atoms with Crippen LogP contribution in [0.5, 0.6) is 0 Å². The van der Waals surface area contributed by atoms with Gasteiger partial charge in [0, 0.05) is 22.3 Å². The number of hydrogen-bond acceptors (Lipinski definition) is 8. The maximum atomic E-state index is 12.2. The standard InChI is InChI=1S/C19H17NO6S/c1-12(20-26-13(2)22)18(23)14-3-7-16(8-4-14)27-17-9-5-15(6-10-17)19(24)25-11-21/h3-10,21H,11H2,1-2H3. The second-order valence-electron chi connectivity index (χ2n) is 5.30. The van der Waals surface area contributed by atoms with E-state index in [1.54, 1.807) is 48.5 Å². The first kappa shape index (κ1) is 20.3. The molecule has 0 amide bonds. The third-order valence-corrected chi connectivity index (χ3v) is 4.29. The number of carbonyl (C=O) groups excluding carboxylic acids is 3. The summed E-state index contributed by atoms with van der Waals surface area (Å²) in [7, 11) is 0. The molecule has 0 heterocycles. The summed E-state index contributed by atoms with van der Waals surface area (Å²) in [5.74, 6) is -1.52. The third-order valence-electron chi connectivity index (χ3n) is 3.28. The van der Waals surface area contributed by atoms with Crippen molar-refractivity contribution in [3.05, 3.63) is 59.7 Å². The molecule has 2 aromatic rings. The van der Waals surface area contributed by atoms with Crippen molar-refractivity contribution in [1.82, 2.24) is 0 Å². The predicted octanol–water partition coefficient (Wildman–Crippen LogP) is 3.07. The van der Waals surface area contributed by atoms with E-state index >= 15 is 0 Å². The number of aliphatic hydroxyl groups is 1. The molecule has 0 aliphatic rings. The van der Waals surface area contributed by atoms with E-state index in [-0.39, 0.29) is 11.5 Å². The number of ether oxygens (including phenoxy) is 1. The lowest BCUT2D eigenvalue weighted by Crippen LogP contribution is -2.11. The summed E-state index contributed by atoms with van der Waals surface area (Å²) in [6.45, 7) is 2.01. The molecule has 0 aliphatic carbocycles. The van der Waals surface area contributed by atoms with E-state index in [0.717, 1.165) is 9.79 Å². The van der Waals surface area contributed by atoms with Crippen LogP contribution < -0.4 is 0 Å². The topological polar surface area (TPSA) is 102 Å². The van der Waals surface area contributed by atoms with Crippen LogP contribution in [0.3, 0.4) is 0 Å². The number of benzene rings is 2. The highest BCUT2D eigenvalue weighted by atomic mass is 32.2. The number of carbonyl (C=O) groups is 3. The Morgan fingerprint density at radius 2 is 1.44 bits per heavy atom. The zero-order valence-corrected chi connectivity index (χ0v) is 15.5. The van der Waals surface area contributed by atoms with Crippen LogP contribution in [0.25, 0.3) is 0 Å². The summed E-state index contributed by atoms with van der Waals surface area (Å²) in [4.78, 5) is 40.7. The number of esters is 1. The SMILES string of the molecule is CC(=O)ON=C(C)C(=O)c1ccc(Sc2ccc(C(=O)OCO)cc2)cc1. The molecule has 8 heteroatoms. The molecule has 140 valence electrons. The largest absolute Gasteiger partial charge is 0.435 e. The van der Waals surface area contributed by atoms with Crippen molar-refractivity contribution in [1.29, 1.82) is 0 Å². The molecule has 0 aliphatic heterocycles. The lowest BCUT2D eigenvalue weighted by atomic mass is 10.1. The van der Waals surface area contributed by atoms with Gasteiger partial charge in [0.05, 0.1) is 5.56 Å². The van der Waals surface area contributed by atoms with Crippen molar-refractivity contribution in [2.45, 2.75) is 23.6 Å². The quantitative estimate of drug-likeness (QED) is 0.194. The number of ketones is 1. The Bertz CT molecular complexity index is 859. The Morgan fingerprint density at radius 3 is 1.93 bits per heavy atom.